The van der Waals surface area contributed by atoms with Gasteiger partial charge in [0.05, 0.1) is 12.8 Å². The maximum absolute atomic E-state index is 12.1. The molecule has 1 atom stereocenters. The Hall–Kier alpha value is -2.22. The number of hydrogen-bond acceptors (Lipinski definition) is 5. The third kappa shape index (κ3) is 5.38. The maximum atomic E-state index is 12.1. The van der Waals surface area contributed by atoms with E-state index in [1.165, 1.54) is 6.26 Å². The molecule has 1 fully saturated rings. The maximum Gasteiger partial charge on any atom is 0.410 e. The molecule has 1 amide bonds. The average Bonchev–Trinajstić information content (AvgIpc) is 3.06. The predicted octanol–water partition coefficient (Wildman–Crippen LogP) is 1.35. The first-order chi connectivity index (χ1) is 11.6. The van der Waals surface area contributed by atoms with Gasteiger partial charge >= 0.3 is 6.09 Å². The van der Waals surface area contributed by atoms with Crippen molar-refractivity contribution in [1.29, 1.82) is 0 Å². The van der Waals surface area contributed by atoms with Crippen molar-refractivity contribution in [2.75, 3.05) is 32.7 Å². The highest BCUT2D eigenvalue weighted by Gasteiger charge is 2.28. The number of rotatable bonds is 3. The number of ether oxygens (including phenoxy) is 1. The Balaban J connectivity index is 1.86. The number of aliphatic hydroxyl groups is 1. The van der Waals surface area contributed by atoms with Crippen molar-refractivity contribution >= 4 is 12.1 Å². The first kappa shape index (κ1) is 19.1. The van der Waals surface area contributed by atoms with Crippen LogP contribution in [-0.4, -0.2) is 65.3 Å². The van der Waals surface area contributed by atoms with Crippen LogP contribution in [0, 0.1) is 0 Å². The largest absolute Gasteiger partial charge is 0.466 e. The summed E-state index contributed by atoms with van der Waals surface area (Å²) in [5.74, 6) is 0.787. The number of carbonyl (C=O) groups excluding carboxylic acids is 1. The molecule has 25 heavy (non-hydrogen) atoms. The molecule has 2 heterocycles. The molecule has 8 nitrogen and oxygen atoms in total. The standard InChI is InChI=1S/C17H28N4O4/c1-16(2,3)25-15(22)21-9-7-20(8-10-21)14(18)19-12-17(4,23)13-6-5-11-24-13/h5-6,11,23H,7-10,12H2,1-4H3,(H2,18,19). The third-order valence-electron chi connectivity index (χ3n) is 3.86. The predicted molar refractivity (Wildman–Crippen MR) is 94.1 cm³/mol. The summed E-state index contributed by atoms with van der Waals surface area (Å²) in [6, 6.07) is 3.41. The van der Waals surface area contributed by atoms with Gasteiger partial charge in [-0.2, -0.15) is 0 Å². The summed E-state index contributed by atoms with van der Waals surface area (Å²) < 4.78 is 10.6. The lowest BCUT2D eigenvalue weighted by Crippen LogP contribution is -2.53. The summed E-state index contributed by atoms with van der Waals surface area (Å²) in [7, 11) is 0. The highest BCUT2D eigenvalue weighted by molar-refractivity contribution is 5.78. The van der Waals surface area contributed by atoms with Crippen LogP contribution in [-0.2, 0) is 10.3 Å². The normalized spacial score (nSPS) is 18.8. The summed E-state index contributed by atoms with van der Waals surface area (Å²) >= 11 is 0. The minimum atomic E-state index is -1.22. The zero-order chi connectivity index (χ0) is 18.7. The molecule has 3 N–H and O–H groups in total. The van der Waals surface area contributed by atoms with Crippen LogP contribution in [0.25, 0.3) is 0 Å². The first-order valence-corrected chi connectivity index (χ1v) is 8.38. The Kier molecular flexibility index (Phi) is 5.62. The average molecular weight is 352 g/mol. The Morgan fingerprint density at radius 1 is 1.28 bits per heavy atom. The van der Waals surface area contributed by atoms with Gasteiger partial charge in [0, 0.05) is 26.2 Å². The SMILES string of the molecule is CC(C)(C)OC(=O)N1CCN(C(N)=NCC(C)(O)c2ccco2)CC1. The number of aliphatic imine (C=N–C) groups is 1. The number of carbonyl (C=O) groups is 1. The van der Waals surface area contributed by atoms with Gasteiger partial charge in [-0.3, -0.25) is 0 Å². The quantitative estimate of drug-likeness (QED) is 0.629. The fraction of sp³-hybridized carbons (Fsp3) is 0.647. The van der Waals surface area contributed by atoms with Crippen LogP contribution >= 0.6 is 0 Å². The molecule has 1 unspecified atom stereocenters. The molecule has 0 spiro atoms. The van der Waals surface area contributed by atoms with E-state index in [9.17, 15) is 9.90 Å². The number of nitrogens with zero attached hydrogens (tertiary/aromatic N) is 3. The van der Waals surface area contributed by atoms with Gasteiger partial charge in [0.1, 0.15) is 17.0 Å². The van der Waals surface area contributed by atoms with Gasteiger partial charge in [-0.1, -0.05) is 0 Å². The van der Waals surface area contributed by atoms with E-state index in [2.05, 4.69) is 4.99 Å². The van der Waals surface area contributed by atoms with Crippen LogP contribution < -0.4 is 5.73 Å². The lowest BCUT2D eigenvalue weighted by molar-refractivity contribution is 0.0185. The van der Waals surface area contributed by atoms with E-state index in [4.69, 9.17) is 14.9 Å². The second-order valence-corrected chi connectivity index (χ2v) is 7.38. The van der Waals surface area contributed by atoms with Crippen LogP contribution in [0.3, 0.4) is 0 Å². The first-order valence-electron chi connectivity index (χ1n) is 8.38. The van der Waals surface area contributed by atoms with Crippen molar-refractivity contribution in [3.63, 3.8) is 0 Å². The molecule has 1 aromatic rings. The van der Waals surface area contributed by atoms with E-state index in [0.29, 0.717) is 37.9 Å². The van der Waals surface area contributed by atoms with Gasteiger partial charge < -0.3 is 29.8 Å². The third-order valence-corrected chi connectivity index (χ3v) is 3.86. The molecular weight excluding hydrogens is 324 g/mol. The Bertz CT molecular complexity index is 597. The number of furan rings is 1. The lowest BCUT2D eigenvalue weighted by atomic mass is 10.0. The monoisotopic (exact) mass is 352 g/mol. The van der Waals surface area contributed by atoms with Crippen molar-refractivity contribution < 1.29 is 19.1 Å². The van der Waals surface area contributed by atoms with E-state index in [0.717, 1.165) is 0 Å². The van der Waals surface area contributed by atoms with Gasteiger partial charge in [-0.25, -0.2) is 9.79 Å². The van der Waals surface area contributed by atoms with Crippen LogP contribution in [0.4, 0.5) is 4.79 Å². The van der Waals surface area contributed by atoms with Gasteiger partial charge in [0.2, 0.25) is 0 Å². The second-order valence-electron chi connectivity index (χ2n) is 7.38. The highest BCUT2D eigenvalue weighted by atomic mass is 16.6. The lowest BCUT2D eigenvalue weighted by Gasteiger charge is -2.36. The van der Waals surface area contributed by atoms with Crippen molar-refractivity contribution in [1.82, 2.24) is 9.80 Å². The smallest absolute Gasteiger partial charge is 0.410 e. The molecule has 0 aromatic carbocycles. The Morgan fingerprint density at radius 2 is 1.88 bits per heavy atom. The van der Waals surface area contributed by atoms with Gasteiger partial charge in [0.15, 0.2) is 5.96 Å². The molecular formula is C17H28N4O4. The number of piperazine rings is 1. The van der Waals surface area contributed by atoms with Crippen LogP contribution in [0.1, 0.15) is 33.5 Å². The molecule has 1 saturated heterocycles. The van der Waals surface area contributed by atoms with Crippen LogP contribution in [0.15, 0.2) is 27.8 Å². The van der Waals surface area contributed by atoms with Gasteiger partial charge in [0.25, 0.3) is 0 Å². The van der Waals surface area contributed by atoms with Crippen LogP contribution in [0.2, 0.25) is 0 Å². The summed E-state index contributed by atoms with van der Waals surface area (Å²) in [4.78, 5) is 19.9. The van der Waals surface area contributed by atoms with E-state index in [1.54, 1.807) is 24.0 Å². The van der Waals surface area contributed by atoms with Crippen LogP contribution in [0.5, 0.6) is 0 Å². The fourth-order valence-corrected chi connectivity index (χ4v) is 2.44. The zero-order valence-corrected chi connectivity index (χ0v) is 15.4. The Morgan fingerprint density at radius 3 is 2.40 bits per heavy atom. The molecule has 1 aromatic heterocycles. The minimum absolute atomic E-state index is 0.0959. The molecule has 0 aliphatic carbocycles. The molecule has 140 valence electrons. The van der Waals surface area contributed by atoms with Crippen molar-refractivity contribution in [2.24, 2.45) is 10.7 Å². The van der Waals surface area contributed by atoms with E-state index >= 15 is 0 Å². The van der Waals surface area contributed by atoms with E-state index < -0.39 is 11.2 Å². The topological polar surface area (TPSA) is 105 Å². The molecule has 0 radical (unpaired) electrons. The second kappa shape index (κ2) is 7.35. The van der Waals surface area contributed by atoms with Crippen molar-refractivity contribution in [3.05, 3.63) is 24.2 Å². The number of hydrogen-bond donors (Lipinski definition) is 2. The van der Waals surface area contributed by atoms with Crippen molar-refractivity contribution in [2.45, 2.75) is 38.9 Å². The van der Waals surface area contributed by atoms with E-state index in [-0.39, 0.29) is 12.6 Å². The summed E-state index contributed by atoms with van der Waals surface area (Å²) in [5.41, 5.74) is 4.31. The Labute approximate surface area is 148 Å². The molecule has 1 aliphatic rings. The number of nitrogens with two attached hydrogens (primary N) is 1. The highest BCUT2D eigenvalue weighted by Crippen LogP contribution is 2.21. The summed E-state index contributed by atoms with van der Waals surface area (Å²) in [6.45, 7) is 9.42. The molecule has 0 saturated carbocycles. The molecule has 1 aliphatic heterocycles. The van der Waals surface area contributed by atoms with E-state index in [1.807, 2.05) is 25.7 Å². The van der Waals surface area contributed by atoms with Crippen molar-refractivity contribution in [3.8, 4) is 0 Å². The van der Waals surface area contributed by atoms with Gasteiger partial charge in [-0.05, 0) is 39.8 Å². The summed E-state index contributed by atoms with van der Waals surface area (Å²) in [5, 5.41) is 10.4. The number of amides is 1. The molecule has 2 rings (SSSR count). The molecule has 8 heteroatoms. The molecule has 0 bridgehead atoms. The fourth-order valence-electron chi connectivity index (χ4n) is 2.44. The summed E-state index contributed by atoms with van der Waals surface area (Å²) in [6.07, 6.45) is 1.19. The van der Waals surface area contributed by atoms with Gasteiger partial charge in [-0.15, -0.1) is 0 Å². The zero-order valence-electron chi connectivity index (χ0n) is 15.4. The minimum Gasteiger partial charge on any atom is -0.466 e. The number of guanidine groups is 1.